The molecule has 0 aliphatic rings. The topological polar surface area (TPSA) is 38.8 Å². The minimum Gasteiger partial charge on any atom is -0.496 e. The van der Waals surface area contributed by atoms with Gasteiger partial charge < -0.3 is 14.4 Å². The van der Waals surface area contributed by atoms with Gasteiger partial charge in [-0.3, -0.25) is 4.79 Å². The van der Waals surface area contributed by atoms with E-state index in [1.165, 1.54) is 7.11 Å². The number of carbonyl (C=O) groups is 1. The lowest BCUT2D eigenvalue weighted by molar-refractivity contribution is 0.0769. The Kier molecular flexibility index (Phi) is 5.67. The van der Waals surface area contributed by atoms with Crippen molar-refractivity contribution in [1.29, 1.82) is 0 Å². The van der Waals surface area contributed by atoms with Crippen LogP contribution in [0.1, 0.15) is 36.7 Å². The lowest BCUT2D eigenvalue weighted by Gasteiger charge is -2.23. The molecule has 0 spiro atoms. The summed E-state index contributed by atoms with van der Waals surface area (Å²) in [5.41, 5.74) is 1.68. The second-order valence-electron chi connectivity index (χ2n) is 4.64. The maximum Gasteiger partial charge on any atom is 0.257 e. The number of allylic oxidation sites excluding steroid dienone is 1. The molecule has 0 fully saturated rings. The predicted octanol–water partition coefficient (Wildman–Crippen LogP) is 3.22. The van der Waals surface area contributed by atoms with Gasteiger partial charge in [-0.2, -0.15) is 0 Å². The molecule has 0 aliphatic carbocycles. The van der Waals surface area contributed by atoms with Gasteiger partial charge in [0.15, 0.2) is 0 Å². The third-order valence-corrected chi connectivity index (χ3v) is 3.45. The molecular formula is C17H25NO3. The van der Waals surface area contributed by atoms with Crippen molar-refractivity contribution in [3.05, 3.63) is 35.4 Å². The molecule has 4 nitrogen and oxygen atoms in total. The maximum atomic E-state index is 12.8. The highest BCUT2D eigenvalue weighted by Gasteiger charge is 2.23. The van der Waals surface area contributed by atoms with E-state index in [1.807, 2.05) is 13.8 Å². The molecule has 0 aromatic heterocycles. The van der Waals surface area contributed by atoms with E-state index in [-0.39, 0.29) is 11.9 Å². The number of amides is 1. The van der Waals surface area contributed by atoms with Crippen LogP contribution in [0.25, 0.3) is 0 Å². The van der Waals surface area contributed by atoms with Gasteiger partial charge in [-0.25, -0.2) is 0 Å². The van der Waals surface area contributed by atoms with E-state index in [0.717, 1.165) is 5.56 Å². The van der Waals surface area contributed by atoms with E-state index < -0.39 is 0 Å². The molecule has 21 heavy (non-hydrogen) atoms. The smallest absolute Gasteiger partial charge is 0.257 e. The van der Waals surface area contributed by atoms with Gasteiger partial charge >= 0.3 is 0 Å². The average molecular weight is 292 g/mol. The number of nitrogens with zero attached hydrogens (tertiary/aromatic N) is 1. The lowest BCUT2D eigenvalue weighted by atomic mass is 9.99. The van der Waals surface area contributed by atoms with Gasteiger partial charge in [0.25, 0.3) is 5.91 Å². The number of ether oxygens (including phenoxy) is 2. The van der Waals surface area contributed by atoms with E-state index in [2.05, 4.69) is 6.58 Å². The molecule has 0 aliphatic heterocycles. The largest absolute Gasteiger partial charge is 0.496 e. The SMILES string of the molecule is [2H]c1c(C)c(OC)c(CC=C)c(OC)c1C(=O)N(CC)CC. The fourth-order valence-electron chi connectivity index (χ4n) is 2.43. The summed E-state index contributed by atoms with van der Waals surface area (Å²) in [7, 11) is 3.06. The van der Waals surface area contributed by atoms with Crippen LogP contribution in [0, 0.1) is 6.92 Å². The number of rotatable bonds is 7. The summed E-state index contributed by atoms with van der Waals surface area (Å²) >= 11 is 0. The van der Waals surface area contributed by atoms with Crippen LogP contribution in [-0.4, -0.2) is 38.1 Å². The van der Waals surface area contributed by atoms with Crippen molar-refractivity contribution in [2.24, 2.45) is 0 Å². The van der Waals surface area contributed by atoms with E-state index in [9.17, 15) is 4.79 Å². The van der Waals surface area contributed by atoms with Gasteiger partial charge in [-0.15, -0.1) is 6.58 Å². The predicted molar refractivity (Wildman–Crippen MR) is 85.4 cm³/mol. The zero-order valence-corrected chi connectivity index (χ0v) is 13.6. The van der Waals surface area contributed by atoms with Gasteiger partial charge in [0.2, 0.25) is 0 Å². The molecule has 0 saturated carbocycles. The van der Waals surface area contributed by atoms with E-state index >= 15 is 0 Å². The monoisotopic (exact) mass is 292 g/mol. The Labute approximate surface area is 128 Å². The van der Waals surface area contributed by atoms with Gasteiger partial charge in [-0.1, -0.05) is 6.08 Å². The fraction of sp³-hybridized carbons (Fsp3) is 0.471. The third-order valence-electron chi connectivity index (χ3n) is 3.45. The van der Waals surface area contributed by atoms with Crippen molar-refractivity contribution in [2.45, 2.75) is 27.2 Å². The second kappa shape index (κ2) is 7.72. The molecule has 0 N–H and O–H groups in total. The number of hydrogen-bond donors (Lipinski definition) is 0. The first-order valence-electron chi connectivity index (χ1n) is 7.62. The Morgan fingerprint density at radius 3 is 2.33 bits per heavy atom. The molecule has 1 aromatic rings. The quantitative estimate of drug-likeness (QED) is 0.724. The first-order chi connectivity index (χ1) is 10.5. The third kappa shape index (κ3) is 3.38. The van der Waals surface area contributed by atoms with Crippen LogP contribution in [0.2, 0.25) is 0 Å². The second-order valence-corrected chi connectivity index (χ2v) is 4.64. The minimum absolute atomic E-state index is 0.151. The molecule has 0 atom stereocenters. The standard InChI is InChI=1S/C17H25NO3/c1-7-10-13-15(20-5)12(4)11-14(16(13)21-6)17(19)18(8-2)9-3/h7,11H,1,8-10H2,2-6H3/i11D. The zero-order chi connectivity index (χ0) is 16.9. The molecule has 0 radical (unpaired) electrons. The molecule has 1 amide bonds. The molecule has 1 rings (SSSR count). The fourth-order valence-corrected chi connectivity index (χ4v) is 2.43. The number of benzene rings is 1. The Bertz CT molecular complexity index is 566. The van der Waals surface area contributed by atoms with Crippen LogP contribution >= 0.6 is 0 Å². The Morgan fingerprint density at radius 1 is 1.33 bits per heavy atom. The summed E-state index contributed by atoms with van der Waals surface area (Å²) in [6.07, 6.45) is 2.24. The first kappa shape index (κ1) is 15.4. The van der Waals surface area contributed by atoms with Crippen molar-refractivity contribution in [2.75, 3.05) is 27.3 Å². The number of hydrogen-bond acceptors (Lipinski definition) is 3. The Hall–Kier alpha value is -1.97. The Morgan fingerprint density at radius 2 is 1.90 bits per heavy atom. The van der Waals surface area contributed by atoms with Gasteiger partial charge in [0.1, 0.15) is 11.5 Å². The molecule has 116 valence electrons. The van der Waals surface area contributed by atoms with Crippen LogP contribution in [0.4, 0.5) is 0 Å². The van der Waals surface area contributed by atoms with Gasteiger partial charge in [-0.05, 0) is 38.8 Å². The van der Waals surface area contributed by atoms with Gasteiger partial charge in [0.05, 0.1) is 21.2 Å². The van der Waals surface area contributed by atoms with Crippen LogP contribution in [-0.2, 0) is 6.42 Å². The summed E-state index contributed by atoms with van der Waals surface area (Å²) in [6.45, 7) is 10.5. The van der Waals surface area contributed by atoms with Crippen LogP contribution in [0.15, 0.2) is 18.7 Å². The summed E-state index contributed by atoms with van der Waals surface area (Å²) in [5, 5.41) is 0. The van der Waals surface area contributed by atoms with Crippen LogP contribution < -0.4 is 9.47 Å². The molecule has 0 heterocycles. The summed E-state index contributed by atoms with van der Waals surface area (Å²) in [6, 6.07) is 0.151. The van der Waals surface area contributed by atoms with Crippen molar-refractivity contribution < 1.29 is 15.6 Å². The lowest BCUT2D eigenvalue weighted by Crippen LogP contribution is -2.31. The highest BCUT2D eigenvalue weighted by Crippen LogP contribution is 2.36. The van der Waals surface area contributed by atoms with Crippen molar-refractivity contribution in [1.82, 2.24) is 4.90 Å². The van der Waals surface area contributed by atoms with Crippen LogP contribution in [0.3, 0.4) is 0 Å². The number of carbonyl (C=O) groups excluding carboxylic acids is 1. The first-order valence-corrected chi connectivity index (χ1v) is 7.12. The number of methoxy groups -OCH3 is 2. The maximum absolute atomic E-state index is 12.8. The van der Waals surface area contributed by atoms with E-state index in [0.29, 0.717) is 42.1 Å². The molecule has 0 unspecified atom stereocenters. The van der Waals surface area contributed by atoms with Crippen molar-refractivity contribution in [3.63, 3.8) is 0 Å². The highest BCUT2D eigenvalue weighted by molar-refractivity contribution is 5.98. The van der Waals surface area contributed by atoms with E-state index in [1.54, 1.807) is 25.0 Å². The average Bonchev–Trinajstić information content (AvgIpc) is 2.52. The molecule has 0 saturated heterocycles. The summed E-state index contributed by atoms with van der Waals surface area (Å²) in [5.74, 6) is 0.796. The minimum atomic E-state index is -0.192. The molecule has 4 heteroatoms. The van der Waals surface area contributed by atoms with Gasteiger partial charge in [0, 0.05) is 18.7 Å². The van der Waals surface area contributed by atoms with E-state index in [4.69, 9.17) is 10.8 Å². The Balaban J connectivity index is 3.69. The summed E-state index contributed by atoms with van der Waals surface area (Å²) < 4.78 is 19.3. The van der Waals surface area contributed by atoms with Crippen LogP contribution in [0.5, 0.6) is 11.5 Å². The van der Waals surface area contributed by atoms with Crippen molar-refractivity contribution in [3.8, 4) is 11.5 Å². The molecule has 1 aromatic carbocycles. The zero-order valence-electron chi connectivity index (χ0n) is 14.6. The summed E-state index contributed by atoms with van der Waals surface area (Å²) in [4.78, 5) is 14.5. The highest BCUT2D eigenvalue weighted by atomic mass is 16.5. The van der Waals surface area contributed by atoms with Crippen molar-refractivity contribution >= 4 is 5.91 Å². The molecular weight excluding hydrogens is 266 g/mol. The molecule has 0 bridgehead atoms. The normalized spacial score (nSPS) is 10.8.